The van der Waals surface area contributed by atoms with Gasteiger partial charge in [0.15, 0.2) is 0 Å². The highest BCUT2D eigenvalue weighted by Crippen LogP contribution is 2.33. The molecule has 2 N–H and O–H groups in total. The van der Waals surface area contributed by atoms with Gasteiger partial charge in [-0.2, -0.15) is 5.10 Å². The fourth-order valence-electron chi connectivity index (χ4n) is 2.84. The summed E-state index contributed by atoms with van der Waals surface area (Å²) in [5, 5.41) is 13.2. The number of phenolic OH excluding ortho intramolecular Hbond substituents is 1. The Morgan fingerprint density at radius 1 is 1.43 bits per heavy atom. The van der Waals surface area contributed by atoms with Gasteiger partial charge in [0.2, 0.25) is 0 Å². The van der Waals surface area contributed by atoms with Crippen LogP contribution >= 0.6 is 11.3 Å². The number of fused-ring (bicyclic) bond motifs is 1. The number of hydrogen-bond donors (Lipinski definition) is 2. The van der Waals surface area contributed by atoms with Crippen LogP contribution in [-0.4, -0.2) is 17.2 Å². The Morgan fingerprint density at radius 3 is 2.96 bits per heavy atom. The average molecular weight is 328 g/mol. The molecule has 0 bridgehead atoms. The van der Waals surface area contributed by atoms with Gasteiger partial charge in [-0.3, -0.25) is 4.79 Å². The first-order chi connectivity index (χ1) is 11.2. The van der Waals surface area contributed by atoms with Crippen LogP contribution in [0.25, 0.3) is 0 Å². The number of amides is 1. The molecule has 0 spiro atoms. The molecule has 1 unspecified atom stereocenters. The van der Waals surface area contributed by atoms with Crippen molar-refractivity contribution in [2.24, 2.45) is 11.0 Å². The van der Waals surface area contributed by atoms with Crippen molar-refractivity contribution in [2.45, 2.75) is 32.6 Å². The van der Waals surface area contributed by atoms with Gasteiger partial charge in [-0.1, -0.05) is 13.3 Å². The average Bonchev–Trinajstić information content (AvgIpc) is 2.99. The zero-order valence-corrected chi connectivity index (χ0v) is 13.9. The highest BCUT2D eigenvalue weighted by Gasteiger charge is 2.21. The quantitative estimate of drug-likeness (QED) is 0.663. The van der Waals surface area contributed by atoms with Crippen molar-refractivity contribution in [1.29, 1.82) is 0 Å². The van der Waals surface area contributed by atoms with Crippen LogP contribution in [0.1, 0.15) is 45.4 Å². The number of nitrogens with one attached hydrogen (secondary N) is 1. The van der Waals surface area contributed by atoms with Crippen LogP contribution in [0.2, 0.25) is 0 Å². The lowest BCUT2D eigenvalue weighted by molar-refractivity contribution is 0.0959. The number of benzene rings is 1. The van der Waals surface area contributed by atoms with Gasteiger partial charge in [0, 0.05) is 4.88 Å². The van der Waals surface area contributed by atoms with Gasteiger partial charge in [0.25, 0.3) is 5.91 Å². The first kappa shape index (κ1) is 15.7. The van der Waals surface area contributed by atoms with Crippen molar-refractivity contribution in [2.75, 3.05) is 0 Å². The summed E-state index contributed by atoms with van der Waals surface area (Å²) < 4.78 is 0. The van der Waals surface area contributed by atoms with Crippen molar-refractivity contribution >= 4 is 23.5 Å². The maximum Gasteiger partial charge on any atom is 0.281 e. The Hall–Kier alpha value is -2.14. The molecule has 0 aliphatic heterocycles. The van der Waals surface area contributed by atoms with Gasteiger partial charge < -0.3 is 5.11 Å². The highest BCUT2D eigenvalue weighted by molar-refractivity contribution is 7.14. The Bertz CT molecular complexity index is 719. The molecule has 1 amide bonds. The van der Waals surface area contributed by atoms with Crippen LogP contribution in [0.15, 0.2) is 35.4 Å². The number of thiophene rings is 1. The molecule has 1 aliphatic rings. The van der Waals surface area contributed by atoms with Gasteiger partial charge in [0.1, 0.15) is 5.75 Å². The van der Waals surface area contributed by atoms with Crippen molar-refractivity contribution < 1.29 is 9.90 Å². The predicted octanol–water partition coefficient (Wildman–Crippen LogP) is 3.73. The SMILES string of the molecule is CCC1CCc2sc(C(=O)N/N=C/c3ccc(O)cc3)cc2C1. The van der Waals surface area contributed by atoms with E-state index in [9.17, 15) is 9.90 Å². The van der Waals surface area contributed by atoms with Crippen LogP contribution in [0.4, 0.5) is 0 Å². The monoisotopic (exact) mass is 328 g/mol. The number of nitrogens with zero attached hydrogens (tertiary/aromatic N) is 1. The lowest BCUT2D eigenvalue weighted by Gasteiger charge is -2.19. The van der Waals surface area contributed by atoms with Crippen LogP contribution in [0, 0.1) is 5.92 Å². The molecule has 1 atom stereocenters. The van der Waals surface area contributed by atoms with E-state index in [0.29, 0.717) is 0 Å². The molecule has 0 radical (unpaired) electrons. The van der Waals surface area contributed by atoms with Gasteiger partial charge >= 0.3 is 0 Å². The maximum absolute atomic E-state index is 12.2. The molecular formula is C18H20N2O2S. The van der Waals surface area contributed by atoms with E-state index >= 15 is 0 Å². The second kappa shape index (κ2) is 6.96. The topological polar surface area (TPSA) is 61.7 Å². The smallest absolute Gasteiger partial charge is 0.281 e. The van der Waals surface area contributed by atoms with Gasteiger partial charge in [0.05, 0.1) is 11.1 Å². The number of carbonyl (C=O) groups excluding carboxylic acids is 1. The molecular weight excluding hydrogens is 308 g/mol. The zero-order valence-electron chi connectivity index (χ0n) is 13.1. The number of hydrazone groups is 1. The summed E-state index contributed by atoms with van der Waals surface area (Å²) in [7, 11) is 0. The van der Waals surface area contributed by atoms with Gasteiger partial charge in [-0.25, -0.2) is 5.43 Å². The molecule has 120 valence electrons. The molecule has 2 aromatic rings. The van der Waals surface area contributed by atoms with E-state index < -0.39 is 0 Å². The van der Waals surface area contributed by atoms with Gasteiger partial charge in [-0.05, 0) is 66.6 Å². The van der Waals surface area contributed by atoms with E-state index in [2.05, 4.69) is 17.5 Å². The number of aromatic hydroxyl groups is 1. The van der Waals surface area contributed by atoms with Crippen LogP contribution in [0.5, 0.6) is 5.75 Å². The molecule has 1 aromatic heterocycles. The summed E-state index contributed by atoms with van der Waals surface area (Å²) >= 11 is 1.59. The third-order valence-electron chi connectivity index (χ3n) is 4.26. The molecule has 4 nitrogen and oxygen atoms in total. The van der Waals surface area contributed by atoms with Crippen LogP contribution in [0.3, 0.4) is 0 Å². The van der Waals surface area contributed by atoms with Crippen LogP contribution < -0.4 is 5.43 Å². The van der Waals surface area contributed by atoms with Gasteiger partial charge in [-0.15, -0.1) is 11.3 Å². The van der Waals surface area contributed by atoms with E-state index in [1.165, 1.54) is 23.3 Å². The normalized spacial score (nSPS) is 17.2. The standard InChI is InChI=1S/C18H20N2O2S/c1-2-12-5-8-16-14(9-12)10-17(23-16)18(22)20-19-11-13-3-6-15(21)7-4-13/h3-4,6-7,10-12,21H,2,5,8-9H2,1H3,(H,20,22)/b19-11+. The molecule has 0 saturated carbocycles. The minimum Gasteiger partial charge on any atom is -0.508 e. The predicted molar refractivity (Wildman–Crippen MR) is 93.3 cm³/mol. The Morgan fingerprint density at radius 2 is 2.22 bits per heavy atom. The van der Waals surface area contributed by atoms with Crippen LogP contribution in [-0.2, 0) is 12.8 Å². The molecule has 1 aromatic carbocycles. The van der Waals surface area contributed by atoms with Crippen molar-refractivity contribution in [3.63, 3.8) is 0 Å². The summed E-state index contributed by atoms with van der Waals surface area (Å²) in [6.07, 6.45) is 6.17. The number of carbonyl (C=O) groups is 1. The summed E-state index contributed by atoms with van der Waals surface area (Å²) in [6.45, 7) is 2.23. The van der Waals surface area contributed by atoms with Crippen molar-refractivity contribution in [3.05, 3.63) is 51.2 Å². The molecule has 23 heavy (non-hydrogen) atoms. The largest absolute Gasteiger partial charge is 0.508 e. The fourth-order valence-corrected chi connectivity index (χ4v) is 3.94. The molecule has 1 aliphatic carbocycles. The van der Waals surface area contributed by atoms with E-state index in [1.807, 2.05) is 6.07 Å². The lowest BCUT2D eigenvalue weighted by Crippen LogP contribution is -2.16. The second-order valence-corrected chi connectivity index (χ2v) is 7.00. The Balaban J connectivity index is 1.63. The fraction of sp³-hybridized carbons (Fsp3) is 0.333. The number of phenols is 1. The molecule has 3 rings (SSSR count). The third-order valence-corrected chi connectivity index (χ3v) is 5.49. The molecule has 5 heteroatoms. The maximum atomic E-state index is 12.2. The summed E-state index contributed by atoms with van der Waals surface area (Å²) in [6, 6.07) is 8.66. The Kier molecular flexibility index (Phi) is 4.76. The van der Waals surface area contributed by atoms with E-state index in [4.69, 9.17) is 0 Å². The summed E-state index contributed by atoms with van der Waals surface area (Å²) in [4.78, 5) is 14.3. The second-order valence-electron chi connectivity index (χ2n) is 5.87. The molecule has 0 saturated heterocycles. The number of aryl methyl sites for hydroxylation is 1. The summed E-state index contributed by atoms with van der Waals surface area (Å²) in [5.74, 6) is 0.800. The van der Waals surface area contributed by atoms with E-state index in [1.54, 1.807) is 41.8 Å². The number of rotatable bonds is 4. The third kappa shape index (κ3) is 3.79. The lowest BCUT2D eigenvalue weighted by atomic mass is 9.87. The van der Waals surface area contributed by atoms with Crippen molar-refractivity contribution in [3.8, 4) is 5.75 Å². The molecule has 0 fully saturated rings. The Labute approximate surface area is 139 Å². The highest BCUT2D eigenvalue weighted by atomic mass is 32.1. The van der Waals surface area contributed by atoms with E-state index in [0.717, 1.165) is 29.2 Å². The molecule has 1 heterocycles. The van der Waals surface area contributed by atoms with Crippen molar-refractivity contribution in [1.82, 2.24) is 5.43 Å². The number of hydrogen-bond acceptors (Lipinski definition) is 4. The van der Waals surface area contributed by atoms with E-state index in [-0.39, 0.29) is 11.7 Å². The minimum absolute atomic E-state index is 0.160. The first-order valence-corrected chi connectivity index (χ1v) is 8.71. The zero-order chi connectivity index (χ0) is 16.2. The summed E-state index contributed by atoms with van der Waals surface area (Å²) in [5.41, 5.74) is 4.73. The first-order valence-electron chi connectivity index (χ1n) is 7.89. The minimum atomic E-state index is -0.160.